The van der Waals surface area contributed by atoms with E-state index in [2.05, 4.69) is 11.6 Å². The Balaban J connectivity index is -0.0000000397. The third-order valence-corrected chi connectivity index (χ3v) is 0.353. The van der Waals surface area contributed by atoms with Crippen molar-refractivity contribution in [3.8, 4) is 0 Å². The molecule has 0 aliphatic carbocycles. The Kier molecular flexibility index (Phi) is 91.5. The van der Waals surface area contributed by atoms with E-state index in [-0.39, 0.29) is 0 Å². The monoisotopic (exact) mass is 174 g/mol. The van der Waals surface area contributed by atoms with Crippen LogP contribution in [0.15, 0.2) is 17.6 Å². The van der Waals surface area contributed by atoms with E-state index in [0.717, 1.165) is 0 Å². The molecule has 0 fully saturated rings. The first-order valence-corrected chi connectivity index (χ1v) is 4.45. The maximum Gasteiger partial charge on any atom is 0.0902 e. The van der Waals surface area contributed by atoms with Crippen LogP contribution < -0.4 is 5.73 Å². The molecular formula is C10H26N2. The predicted octanol–water partition coefficient (Wildman–Crippen LogP) is 3.24. The minimum Gasteiger partial charge on any atom is -0.388 e. The molecule has 0 aromatic carbocycles. The average molecular weight is 174 g/mol. The van der Waals surface area contributed by atoms with Crippen molar-refractivity contribution in [1.82, 2.24) is 0 Å². The van der Waals surface area contributed by atoms with Crippen LogP contribution in [-0.4, -0.2) is 12.9 Å². The molecule has 2 N–H and O–H groups in total. The summed E-state index contributed by atoms with van der Waals surface area (Å²) in [6.45, 7) is 15.0. The quantitative estimate of drug-likeness (QED) is 0.342. The predicted molar refractivity (Wildman–Crippen MR) is 61.8 cm³/mol. The van der Waals surface area contributed by atoms with Crippen molar-refractivity contribution in [2.45, 2.75) is 41.5 Å². The summed E-state index contributed by atoms with van der Waals surface area (Å²) in [6.07, 6.45) is 1.75. The van der Waals surface area contributed by atoms with E-state index >= 15 is 0 Å². The molecule has 0 saturated carbocycles. The van der Waals surface area contributed by atoms with Gasteiger partial charge >= 0.3 is 0 Å². The number of amidine groups is 1. The van der Waals surface area contributed by atoms with Gasteiger partial charge in [0, 0.05) is 7.05 Å². The summed E-state index contributed by atoms with van der Waals surface area (Å²) in [5, 5.41) is 0. The summed E-state index contributed by atoms with van der Waals surface area (Å²) in [5.41, 5.74) is 5.04. The molecule has 0 aromatic rings. The molecule has 0 heterocycles. The molecule has 0 atom stereocenters. The van der Waals surface area contributed by atoms with Gasteiger partial charge in [0.1, 0.15) is 0 Å². The fraction of sp³-hybridized carbons (Fsp3) is 0.700. The fourth-order valence-electron chi connectivity index (χ4n) is 0. The first kappa shape index (κ1) is 22.5. The molecule has 12 heavy (non-hydrogen) atoms. The minimum absolute atomic E-state index is 0.630. The molecule has 0 aliphatic rings. The van der Waals surface area contributed by atoms with Crippen LogP contribution in [0.2, 0.25) is 0 Å². The van der Waals surface area contributed by atoms with Crippen LogP contribution in [0.4, 0.5) is 0 Å². The Morgan fingerprint density at radius 2 is 1.33 bits per heavy atom. The number of aliphatic imine (C=N–C) groups is 1. The van der Waals surface area contributed by atoms with Crippen molar-refractivity contribution in [2.75, 3.05) is 7.05 Å². The lowest BCUT2D eigenvalue weighted by Crippen LogP contribution is -2.03. The number of hydrogen-bond donors (Lipinski definition) is 1. The maximum atomic E-state index is 5.04. The van der Waals surface area contributed by atoms with Crippen LogP contribution in [0.25, 0.3) is 0 Å². The minimum atomic E-state index is 0.630. The van der Waals surface area contributed by atoms with Gasteiger partial charge in [-0.3, -0.25) is 4.99 Å². The normalized spacial score (nSPS) is 7.08. The molecule has 0 amide bonds. The van der Waals surface area contributed by atoms with Crippen LogP contribution in [0.1, 0.15) is 41.5 Å². The van der Waals surface area contributed by atoms with Gasteiger partial charge in [-0.05, 0) is 13.8 Å². The molecule has 0 saturated heterocycles. The summed E-state index contributed by atoms with van der Waals surface area (Å²) >= 11 is 0. The SMILES string of the molecule is C=CC.CC.CC.CN=C(C)N. The van der Waals surface area contributed by atoms with Crippen molar-refractivity contribution < 1.29 is 0 Å². The fourth-order valence-corrected chi connectivity index (χ4v) is 0. The van der Waals surface area contributed by atoms with Crippen LogP contribution in [0.5, 0.6) is 0 Å². The first-order chi connectivity index (χ1) is 5.68. The number of rotatable bonds is 0. The summed E-state index contributed by atoms with van der Waals surface area (Å²) < 4.78 is 0. The number of nitrogens with zero attached hydrogens (tertiary/aromatic N) is 1. The number of nitrogens with two attached hydrogens (primary N) is 1. The Morgan fingerprint density at radius 1 is 1.25 bits per heavy atom. The third kappa shape index (κ3) is 424. The topological polar surface area (TPSA) is 38.4 Å². The van der Waals surface area contributed by atoms with Gasteiger partial charge in [-0.2, -0.15) is 0 Å². The third-order valence-electron chi connectivity index (χ3n) is 0.353. The Labute approximate surface area is 78.6 Å². The van der Waals surface area contributed by atoms with Crippen molar-refractivity contribution in [3.05, 3.63) is 12.7 Å². The zero-order valence-electron chi connectivity index (χ0n) is 9.81. The Morgan fingerprint density at radius 3 is 1.33 bits per heavy atom. The molecule has 0 rings (SSSR count). The van der Waals surface area contributed by atoms with E-state index in [1.165, 1.54) is 0 Å². The smallest absolute Gasteiger partial charge is 0.0902 e. The van der Waals surface area contributed by atoms with Crippen molar-refractivity contribution in [1.29, 1.82) is 0 Å². The standard InChI is InChI=1S/C3H8N2.C3H6.2C2H6/c1-3(4)5-2;1-3-2;2*1-2/h1-2H3,(H2,4,5);3H,1H2,2H3;2*1-2H3. The van der Waals surface area contributed by atoms with E-state index in [0.29, 0.717) is 5.84 Å². The Hall–Kier alpha value is -0.790. The van der Waals surface area contributed by atoms with E-state index in [1.807, 2.05) is 34.6 Å². The lowest BCUT2D eigenvalue weighted by atomic mass is 10.7. The van der Waals surface area contributed by atoms with Crippen molar-refractivity contribution >= 4 is 5.84 Å². The van der Waals surface area contributed by atoms with E-state index < -0.39 is 0 Å². The first-order valence-electron chi connectivity index (χ1n) is 4.45. The van der Waals surface area contributed by atoms with Crippen LogP contribution in [0.3, 0.4) is 0 Å². The van der Waals surface area contributed by atoms with Gasteiger partial charge in [0.2, 0.25) is 0 Å². The molecule has 2 nitrogen and oxygen atoms in total. The second kappa shape index (κ2) is 48.9. The van der Waals surface area contributed by atoms with Gasteiger partial charge in [-0.25, -0.2) is 0 Å². The van der Waals surface area contributed by atoms with Crippen LogP contribution in [0, 0.1) is 0 Å². The second-order valence-electron chi connectivity index (χ2n) is 1.27. The highest BCUT2D eigenvalue weighted by Gasteiger charge is 1.61. The van der Waals surface area contributed by atoms with Gasteiger partial charge < -0.3 is 5.73 Å². The van der Waals surface area contributed by atoms with Gasteiger partial charge in [0.25, 0.3) is 0 Å². The molecule has 2 heteroatoms. The van der Waals surface area contributed by atoms with Gasteiger partial charge in [0.15, 0.2) is 0 Å². The molecule has 0 aliphatic heterocycles. The molecule has 76 valence electrons. The lowest BCUT2D eigenvalue weighted by Gasteiger charge is -1.76. The summed E-state index contributed by atoms with van der Waals surface area (Å²) in [5.74, 6) is 0.630. The highest BCUT2D eigenvalue weighted by molar-refractivity contribution is 5.77. The van der Waals surface area contributed by atoms with Gasteiger partial charge in [-0.1, -0.05) is 33.8 Å². The van der Waals surface area contributed by atoms with E-state index in [9.17, 15) is 0 Å². The molecule has 0 spiro atoms. The molecular weight excluding hydrogens is 148 g/mol. The Bertz CT molecular complexity index is 71.9. The van der Waals surface area contributed by atoms with Crippen molar-refractivity contribution in [3.63, 3.8) is 0 Å². The molecule has 0 radical (unpaired) electrons. The molecule has 0 aromatic heterocycles. The van der Waals surface area contributed by atoms with Gasteiger partial charge in [-0.15, -0.1) is 6.58 Å². The highest BCUT2D eigenvalue weighted by Crippen LogP contribution is 1.52. The average Bonchev–Trinajstić information content (AvgIpc) is 2.13. The largest absolute Gasteiger partial charge is 0.388 e. The molecule has 0 unspecified atom stereocenters. The summed E-state index contributed by atoms with van der Waals surface area (Å²) in [6, 6.07) is 0. The summed E-state index contributed by atoms with van der Waals surface area (Å²) in [7, 11) is 1.66. The van der Waals surface area contributed by atoms with E-state index in [1.54, 1.807) is 20.0 Å². The number of hydrogen-bond acceptors (Lipinski definition) is 1. The van der Waals surface area contributed by atoms with Crippen molar-refractivity contribution in [2.24, 2.45) is 10.7 Å². The lowest BCUT2D eigenvalue weighted by molar-refractivity contribution is 1.38. The molecule has 0 bridgehead atoms. The zero-order chi connectivity index (χ0) is 11.0. The van der Waals surface area contributed by atoms with Crippen LogP contribution in [-0.2, 0) is 0 Å². The highest BCUT2D eigenvalue weighted by atomic mass is 14.8. The number of allylic oxidation sites excluding steroid dienone is 1. The van der Waals surface area contributed by atoms with Gasteiger partial charge in [0.05, 0.1) is 5.84 Å². The van der Waals surface area contributed by atoms with Crippen LogP contribution >= 0.6 is 0 Å². The van der Waals surface area contributed by atoms with E-state index in [4.69, 9.17) is 5.73 Å². The zero-order valence-corrected chi connectivity index (χ0v) is 9.81. The summed E-state index contributed by atoms with van der Waals surface area (Å²) in [4.78, 5) is 3.58. The maximum absolute atomic E-state index is 5.04. The second-order valence-corrected chi connectivity index (χ2v) is 1.27.